The van der Waals surface area contributed by atoms with E-state index in [1.54, 1.807) is 0 Å². The van der Waals surface area contributed by atoms with E-state index in [2.05, 4.69) is 0 Å². The number of anilines is 1. The summed E-state index contributed by atoms with van der Waals surface area (Å²) < 4.78 is 25.8. The molecule has 0 fully saturated rings. The molecule has 0 atom stereocenters. The van der Waals surface area contributed by atoms with Crippen LogP contribution in [-0.4, -0.2) is 11.1 Å². The first-order chi connectivity index (χ1) is 8.97. The Balaban J connectivity index is 2.28. The van der Waals surface area contributed by atoms with Crippen molar-refractivity contribution in [3.63, 3.8) is 0 Å². The Labute approximate surface area is 112 Å². The predicted molar refractivity (Wildman–Crippen MR) is 68.3 cm³/mol. The van der Waals surface area contributed by atoms with Crippen molar-refractivity contribution in [3.8, 4) is 0 Å². The van der Waals surface area contributed by atoms with Crippen LogP contribution in [0.15, 0.2) is 46.2 Å². The average molecular weight is 281 g/mol. The number of rotatable bonds is 3. The van der Waals surface area contributed by atoms with Crippen LogP contribution in [0.2, 0.25) is 0 Å². The first-order valence-electron chi connectivity index (χ1n) is 5.23. The summed E-state index contributed by atoms with van der Waals surface area (Å²) in [6.45, 7) is 0. The highest BCUT2D eigenvalue weighted by Crippen LogP contribution is 2.33. The number of carboxylic acids is 1. The molecule has 0 amide bonds. The van der Waals surface area contributed by atoms with Crippen molar-refractivity contribution in [1.82, 2.24) is 0 Å². The fourth-order valence-electron chi connectivity index (χ4n) is 1.44. The van der Waals surface area contributed by atoms with E-state index in [-0.39, 0.29) is 11.3 Å². The Bertz CT molecular complexity index is 647. The number of nitrogen functional groups attached to an aromatic ring is 1. The van der Waals surface area contributed by atoms with Crippen LogP contribution in [0.4, 0.5) is 14.5 Å². The van der Waals surface area contributed by atoms with Crippen LogP contribution in [0.1, 0.15) is 10.4 Å². The molecule has 6 heteroatoms. The van der Waals surface area contributed by atoms with Gasteiger partial charge in [-0.05, 0) is 36.4 Å². The Morgan fingerprint density at radius 2 is 1.84 bits per heavy atom. The van der Waals surface area contributed by atoms with Crippen molar-refractivity contribution in [2.45, 2.75) is 9.79 Å². The smallest absolute Gasteiger partial charge is 0.335 e. The lowest BCUT2D eigenvalue weighted by Crippen LogP contribution is -1.98. The van der Waals surface area contributed by atoms with Crippen LogP contribution in [0.5, 0.6) is 0 Å². The number of aromatic carboxylic acids is 1. The van der Waals surface area contributed by atoms with Gasteiger partial charge in [-0.2, -0.15) is 0 Å². The molecule has 0 heterocycles. The van der Waals surface area contributed by atoms with E-state index in [1.165, 1.54) is 24.3 Å². The molecular formula is C13H9F2NO2S. The van der Waals surface area contributed by atoms with E-state index in [4.69, 9.17) is 10.8 Å². The summed E-state index contributed by atoms with van der Waals surface area (Å²) in [5.74, 6) is -2.93. The minimum absolute atomic E-state index is 0.0761. The SMILES string of the molecule is Nc1cc(C(=O)O)ccc1Sc1ccc(F)c(F)c1. The Morgan fingerprint density at radius 3 is 2.42 bits per heavy atom. The van der Waals surface area contributed by atoms with Gasteiger partial charge in [-0.25, -0.2) is 13.6 Å². The van der Waals surface area contributed by atoms with Crippen LogP contribution in [0.3, 0.4) is 0 Å². The number of hydrogen-bond donors (Lipinski definition) is 2. The summed E-state index contributed by atoms with van der Waals surface area (Å²) in [5.41, 5.74) is 6.07. The van der Waals surface area contributed by atoms with Crippen molar-refractivity contribution >= 4 is 23.4 Å². The topological polar surface area (TPSA) is 63.3 Å². The molecule has 0 spiro atoms. The van der Waals surface area contributed by atoms with Gasteiger partial charge < -0.3 is 10.8 Å². The maximum atomic E-state index is 13.1. The van der Waals surface area contributed by atoms with Crippen molar-refractivity contribution in [1.29, 1.82) is 0 Å². The maximum absolute atomic E-state index is 13.1. The Hall–Kier alpha value is -2.08. The molecule has 19 heavy (non-hydrogen) atoms. The molecule has 3 N–H and O–H groups in total. The summed E-state index contributed by atoms with van der Waals surface area (Å²) in [6.07, 6.45) is 0. The van der Waals surface area contributed by atoms with Crippen molar-refractivity contribution < 1.29 is 18.7 Å². The third kappa shape index (κ3) is 3.03. The highest BCUT2D eigenvalue weighted by Gasteiger charge is 2.09. The molecule has 0 aliphatic carbocycles. The summed E-state index contributed by atoms with van der Waals surface area (Å²) in [6, 6.07) is 7.77. The maximum Gasteiger partial charge on any atom is 0.335 e. The predicted octanol–water partition coefficient (Wildman–Crippen LogP) is 3.40. The second-order valence-corrected chi connectivity index (χ2v) is 4.85. The van der Waals surface area contributed by atoms with Gasteiger partial charge in [0.1, 0.15) is 0 Å². The fourth-order valence-corrected chi connectivity index (χ4v) is 2.31. The van der Waals surface area contributed by atoms with Crippen LogP contribution in [0, 0.1) is 11.6 Å². The van der Waals surface area contributed by atoms with E-state index in [0.29, 0.717) is 9.79 Å². The van der Waals surface area contributed by atoms with Gasteiger partial charge in [-0.1, -0.05) is 11.8 Å². The zero-order valence-corrected chi connectivity index (χ0v) is 10.4. The van der Waals surface area contributed by atoms with E-state index in [9.17, 15) is 13.6 Å². The van der Waals surface area contributed by atoms with Gasteiger partial charge in [-0.15, -0.1) is 0 Å². The summed E-state index contributed by atoms with van der Waals surface area (Å²) >= 11 is 1.13. The second-order valence-electron chi connectivity index (χ2n) is 3.74. The largest absolute Gasteiger partial charge is 0.478 e. The van der Waals surface area contributed by atoms with Crippen molar-refractivity contribution in [2.75, 3.05) is 5.73 Å². The molecule has 0 saturated carbocycles. The molecule has 2 rings (SSSR count). The van der Waals surface area contributed by atoms with E-state index >= 15 is 0 Å². The normalized spacial score (nSPS) is 10.4. The number of benzene rings is 2. The molecule has 0 radical (unpaired) electrons. The van der Waals surface area contributed by atoms with Crippen LogP contribution < -0.4 is 5.73 Å². The lowest BCUT2D eigenvalue weighted by Gasteiger charge is -2.06. The van der Waals surface area contributed by atoms with Crippen LogP contribution in [0.25, 0.3) is 0 Å². The number of hydrogen-bond acceptors (Lipinski definition) is 3. The zero-order chi connectivity index (χ0) is 14.0. The molecule has 0 aromatic heterocycles. The molecule has 98 valence electrons. The zero-order valence-electron chi connectivity index (χ0n) is 9.56. The van der Waals surface area contributed by atoms with E-state index in [0.717, 1.165) is 23.9 Å². The van der Waals surface area contributed by atoms with Gasteiger partial charge in [0, 0.05) is 15.5 Å². The molecular weight excluding hydrogens is 272 g/mol. The number of nitrogens with two attached hydrogens (primary N) is 1. The van der Waals surface area contributed by atoms with Crippen LogP contribution in [-0.2, 0) is 0 Å². The highest BCUT2D eigenvalue weighted by molar-refractivity contribution is 7.99. The minimum Gasteiger partial charge on any atom is -0.478 e. The highest BCUT2D eigenvalue weighted by atomic mass is 32.2. The quantitative estimate of drug-likeness (QED) is 0.846. The first kappa shape index (κ1) is 13.4. The first-order valence-corrected chi connectivity index (χ1v) is 6.05. The standard InChI is InChI=1S/C13H9F2NO2S/c14-9-3-2-8(6-10(9)15)19-12-4-1-7(13(17)18)5-11(12)16/h1-6H,16H2,(H,17,18). The molecule has 0 saturated heterocycles. The van der Waals surface area contributed by atoms with Gasteiger partial charge in [0.05, 0.1) is 5.56 Å². The summed E-state index contributed by atoms with van der Waals surface area (Å²) in [5, 5.41) is 8.80. The van der Waals surface area contributed by atoms with Gasteiger partial charge >= 0.3 is 5.97 Å². The summed E-state index contributed by atoms with van der Waals surface area (Å²) in [4.78, 5) is 11.8. The second kappa shape index (κ2) is 5.27. The van der Waals surface area contributed by atoms with E-state index in [1.807, 2.05) is 0 Å². The molecule has 2 aromatic carbocycles. The average Bonchev–Trinajstić information content (AvgIpc) is 2.36. The fraction of sp³-hybridized carbons (Fsp3) is 0. The van der Waals surface area contributed by atoms with Crippen LogP contribution >= 0.6 is 11.8 Å². The molecule has 0 aliphatic rings. The number of carboxylic acid groups (broad SMARTS) is 1. The Kier molecular flexibility index (Phi) is 3.71. The Morgan fingerprint density at radius 1 is 1.11 bits per heavy atom. The van der Waals surface area contributed by atoms with Gasteiger partial charge in [-0.3, -0.25) is 0 Å². The third-order valence-corrected chi connectivity index (χ3v) is 3.46. The van der Waals surface area contributed by atoms with Gasteiger partial charge in [0.25, 0.3) is 0 Å². The van der Waals surface area contributed by atoms with Crippen molar-refractivity contribution in [3.05, 3.63) is 53.6 Å². The molecule has 0 aliphatic heterocycles. The van der Waals surface area contributed by atoms with E-state index < -0.39 is 17.6 Å². The van der Waals surface area contributed by atoms with Crippen molar-refractivity contribution in [2.24, 2.45) is 0 Å². The lowest BCUT2D eigenvalue weighted by molar-refractivity contribution is 0.0697. The summed E-state index contributed by atoms with van der Waals surface area (Å²) in [7, 11) is 0. The lowest BCUT2D eigenvalue weighted by atomic mass is 10.2. The molecule has 0 unspecified atom stereocenters. The molecule has 0 bridgehead atoms. The van der Waals surface area contributed by atoms with Gasteiger partial charge in [0.2, 0.25) is 0 Å². The number of halogens is 2. The number of carbonyl (C=O) groups is 1. The monoisotopic (exact) mass is 281 g/mol. The van der Waals surface area contributed by atoms with Gasteiger partial charge in [0.15, 0.2) is 11.6 Å². The minimum atomic E-state index is -1.07. The third-order valence-electron chi connectivity index (χ3n) is 2.38. The molecule has 2 aromatic rings. The molecule has 3 nitrogen and oxygen atoms in total.